The molecule has 0 bridgehead atoms. The number of carbonyl (C=O) groups is 2. The van der Waals surface area contributed by atoms with E-state index in [0.717, 1.165) is 11.3 Å². The molecule has 0 spiro atoms. The van der Waals surface area contributed by atoms with Gasteiger partial charge in [0.25, 0.3) is 0 Å². The lowest BCUT2D eigenvalue weighted by Crippen LogP contribution is -2.08. The highest BCUT2D eigenvalue weighted by atomic mass is 16.5. The molecule has 4 nitrogen and oxygen atoms in total. The quantitative estimate of drug-likeness (QED) is 0.691. The summed E-state index contributed by atoms with van der Waals surface area (Å²) in [4.78, 5) is 22.6. The Bertz CT molecular complexity index is 518. The van der Waals surface area contributed by atoms with E-state index in [1.54, 1.807) is 6.07 Å². The fourth-order valence-corrected chi connectivity index (χ4v) is 2.11. The van der Waals surface area contributed by atoms with Crippen molar-refractivity contribution in [2.24, 2.45) is 5.92 Å². The van der Waals surface area contributed by atoms with Crippen molar-refractivity contribution < 1.29 is 19.4 Å². The van der Waals surface area contributed by atoms with Gasteiger partial charge in [-0.25, -0.2) is 0 Å². The highest BCUT2D eigenvalue weighted by Crippen LogP contribution is 2.28. The zero-order valence-electron chi connectivity index (χ0n) is 13.9. The number of hydrogen-bond acceptors (Lipinski definition) is 3. The molecule has 0 aliphatic carbocycles. The van der Waals surface area contributed by atoms with Gasteiger partial charge in [-0.3, -0.25) is 9.59 Å². The van der Waals surface area contributed by atoms with Crippen LogP contribution in [0.5, 0.6) is 5.75 Å². The van der Waals surface area contributed by atoms with E-state index in [1.807, 2.05) is 12.1 Å². The van der Waals surface area contributed by atoms with Crippen LogP contribution in [-0.4, -0.2) is 23.5 Å². The number of Topliss-reactive ketones (excluding diaryl/α,β-unsaturated/α-hetero) is 1. The molecule has 1 aromatic rings. The lowest BCUT2D eigenvalue weighted by molar-refractivity contribution is -0.137. The molecule has 0 saturated carbocycles. The van der Waals surface area contributed by atoms with Crippen LogP contribution in [0.2, 0.25) is 0 Å². The summed E-state index contributed by atoms with van der Waals surface area (Å²) in [6.07, 6.45) is 0.658. The SMILES string of the molecule is CC(C)COc1ccc(C(=O)CCCC(=O)O)cc1C(C)C. The molecule has 22 heavy (non-hydrogen) atoms. The van der Waals surface area contributed by atoms with Gasteiger partial charge in [0.2, 0.25) is 0 Å². The van der Waals surface area contributed by atoms with Gasteiger partial charge in [-0.05, 0) is 42.0 Å². The number of hydrogen-bond donors (Lipinski definition) is 1. The Labute approximate surface area is 132 Å². The maximum Gasteiger partial charge on any atom is 0.303 e. The maximum atomic E-state index is 12.1. The van der Waals surface area contributed by atoms with Gasteiger partial charge in [-0.2, -0.15) is 0 Å². The third kappa shape index (κ3) is 5.88. The van der Waals surface area contributed by atoms with E-state index in [9.17, 15) is 9.59 Å². The first-order chi connectivity index (χ1) is 10.3. The lowest BCUT2D eigenvalue weighted by atomic mass is 9.96. The second-order valence-electron chi connectivity index (χ2n) is 6.28. The molecule has 0 amide bonds. The minimum Gasteiger partial charge on any atom is -0.493 e. The summed E-state index contributed by atoms with van der Waals surface area (Å²) < 4.78 is 5.82. The largest absolute Gasteiger partial charge is 0.493 e. The number of carboxylic acids is 1. The van der Waals surface area contributed by atoms with Crippen LogP contribution in [0.4, 0.5) is 0 Å². The van der Waals surface area contributed by atoms with Crippen molar-refractivity contribution in [2.75, 3.05) is 6.61 Å². The zero-order valence-corrected chi connectivity index (χ0v) is 13.9. The summed E-state index contributed by atoms with van der Waals surface area (Å²) in [7, 11) is 0. The van der Waals surface area contributed by atoms with Gasteiger partial charge in [0.15, 0.2) is 5.78 Å². The molecule has 1 rings (SSSR count). The van der Waals surface area contributed by atoms with Crippen LogP contribution in [0.25, 0.3) is 0 Å². The predicted molar refractivity (Wildman–Crippen MR) is 86.7 cm³/mol. The van der Waals surface area contributed by atoms with Gasteiger partial charge in [0.05, 0.1) is 6.61 Å². The standard InChI is InChI=1S/C18H26O4/c1-12(2)11-22-17-9-8-14(10-15(17)13(3)4)16(19)6-5-7-18(20)21/h8-10,12-13H,5-7,11H2,1-4H3,(H,20,21). The number of carboxylic acid groups (broad SMARTS) is 1. The van der Waals surface area contributed by atoms with Crippen molar-refractivity contribution in [2.45, 2.75) is 52.9 Å². The topological polar surface area (TPSA) is 63.6 Å². The molecule has 4 heteroatoms. The molecule has 0 aliphatic rings. The van der Waals surface area contributed by atoms with Crippen molar-refractivity contribution in [1.82, 2.24) is 0 Å². The molecule has 0 aliphatic heterocycles. The molecular formula is C18H26O4. The average Bonchev–Trinajstić information content (AvgIpc) is 2.44. The Morgan fingerprint density at radius 3 is 2.36 bits per heavy atom. The molecule has 0 radical (unpaired) electrons. The lowest BCUT2D eigenvalue weighted by Gasteiger charge is -2.16. The summed E-state index contributed by atoms with van der Waals surface area (Å²) in [6, 6.07) is 5.50. The van der Waals surface area contributed by atoms with Gasteiger partial charge >= 0.3 is 5.97 Å². The summed E-state index contributed by atoms with van der Waals surface area (Å²) in [5, 5.41) is 8.63. The number of rotatable bonds is 9. The van der Waals surface area contributed by atoms with Crippen LogP contribution in [0, 0.1) is 5.92 Å². The number of benzene rings is 1. The van der Waals surface area contributed by atoms with Gasteiger partial charge in [-0.1, -0.05) is 27.7 Å². The third-order valence-corrected chi connectivity index (χ3v) is 3.32. The fourth-order valence-electron chi connectivity index (χ4n) is 2.11. The average molecular weight is 306 g/mol. The van der Waals surface area contributed by atoms with Crippen LogP contribution in [0.3, 0.4) is 0 Å². The predicted octanol–water partition coefficient (Wildman–Crippen LogP) is 4.28. The summed E-state index contributed by atoms with van der Waals surface area (Å²) in [6.45, 7) is 8.96. The summed E-state index contributed by atoms with van der Waals surface area (Å²) in [5.74, 6) is 0.642. The monoisotopic (exact) mass is 306 g/mol. The van der Waals surface area contributed by atoms with E-state index in [2.05, 4.69) is 27.7 Å². The second-order valence-corrected chi connectivity index (χ2v) is 6.28. The van der Waals surface area contributed by atoms with Crippen molar-refractivity contribution in [1.29, 1.82) is 0 Å². The Hall–Kier alpha value is -1.84. The first-order valence-corrected chi connectivity index (χ1v) is 7.83. The van der Waals surface area contributed by atoms with Crippen LogP contribution >= 0.6 is 0 Å². The number of aliphatic carboxylic acids is 1. The maximum absolute atomic E-state index is 12.1. The van der Waals surface area contributed by atoms with E-state index < -0.39 is 5.97 Å². The minimum absolute atomic E-state index is 0.0152. The molecule has 0 fully saturated rings. The second kappa shape index (κ2) is 8.57. The Kier molecular flexibility index (Phi) is 7.09. The van der Waals surface area contributed by atoms with Crippen LogP contribution in [0.15, 0.2) is 18.2 Å². The van der Waals surface area contributed by atoms with Gasteiger partial charge < -0.3 is 9.84 Å². The normalized spacial score (nSPS) is 11.0. The van der Waals surface area contributed by atoms with Crippen molar-refractivity contribution >= 4 is 11.8 Å². The van der Waals surface area contributed by atoms with Crippen LogP contribution < -0.4 is 4.74 Å². The first kappa shape index (κ1) is 18.2. The highest BCUT2D eigenvalue weighted by Gasteiger charge is 2.14. The summed E-state index contributed by atoms with van der Waals surface area (Å²) >= 11 is 0. The van der Waals surface area contributed by atoms with Crippen LogP contribution in [0.1, 0.15) is 68.8 Å². The van der Waals surface area contributed by atoms with E-state index in [1.165, 1.54) is 0 Å². The Balaban J connectivity index is 2.83. The number of ketones is 1. The molecule has 0 unspecified atom stereocenters. The minimum atomic E-state index is -0.867. The van der Waals surface area contributed by atoms with Crippen molar-refractivity contribution in [3.05, 3.63) is 29.3 Å². The van der Waals surface area contributed by atoms with Crippen molar-refractivity contribution in [3.8, 4) is 5.75 Å². The van der Waals surface area contributed by atoms with Gasteiger partial charge in [0, 0.05) is 18.4 Å². The molecule has 1 aromatic carbocycles. The van der Waals surface area contributed by atoms with E-state index in [4.69, 9.17) is 9.84 Å². The molecule has 0 saturated heterocycles. The number of carbonyl (C=O) groups excluding carboxylic acids is 1. The molecule has 1 N–H and O–H groups in total. The number of ether oxygens (including phenoxy) is 1. The van der Waals surface area contributed by atoms with E-state index >= 15 is 0 Å². The summed E-state index contributed by atoms with van der Waals surface area (Å²) in [5.41, 5.74) is 1.65. The molecule has 0 atom stereocenters. The van der Waals surface area contributed by atoms with Gasteiger partial charge in [-0.15, -0.1) is 0 Å². The molecule has 122 valence electrons. The Morgan fingerprint density at radius 1 is 1.14 bits per heavy atom. The van der Waals surface area contributed by atoms with Crippen molar-refractivity contribution in [3.63, 3.8) is 0 Å². The molecule has 0 heterocycles. The van der Waals surface area contributed by atoms with Gasteiger partial charge in [0.1, 0.15) is 5.75 Å². The zero-order chi connectivity index (χ0) is 16.7. The third-order valence-electron chi connectivity index (χ3n) is 3.32. The molecular weight excluding hydrogens is 280 g/mol. The van der Waals surface area contributed by atoms with E-state index in [0.29, 0.717) is 24.5 Å². The van der Waals surface area contributed by atoms with Crippen LogP contribution in [-0.2, 0) is 4.79 Å². The Morgan fingerprint density at radius 2 is 1.82 bits per heavy atom. The van der Waals surface area contributed by atoms with E-state index in [-0.39, 0.29) is 24.5 Å². The first-order valence-electron chi connectivity index (χ1n) is 7.83. The fraction of sp³-hybridized carbons (Fsp3) is 0.556. The molecule has 0 aromatic heterocycles. The smallest absolute Gasteiger partial charge is 0.303 e. The highest BCUT2D eigenvalue weighted by molar-refractivity contribution is 5.96.